The molecule has 0 unspecified atom stereocenters. The third kappa shape index (κ3) is 3.40. The monoisotopic (exact) mass is 354 g/mol. The summed E-state index contributed by atoms with van der Waals surface area (Å²) < 4.78 is 5.77. The number of rotatable bonds is 5. The van der Waals surface area contributed by atoms with E-state index in [1.807, 2.05) is 0 Å². The van der Waals surface area contributed by atoms with Crippen molar-refractivity contribution < 1.29 is 19.2 Å². The molecule has 2 N–H and O–H groups in total. The average Bonchev–Trinajstić information content (AvgIpc) is 2.86. The van der Waals surface area contributed by atoms with Crippen molar-refractivity contribution in [3.8, 4) is 0 Å². The Balaban J connectivity index is 2.17. The molecule has 1 aromatic carbocycles. The smallest absolute Gasteiger partial charge is 0.338 e. The number of hydrogen-bond donors (Lipinski definition) is 2. The molecule has 1 heterocycles. The van der Waals surface area contributed by atoms with Crippen LogP contribution >= 0.6 is 15.9 Å². The average molecular weight is 355 g/mol. The molecule has 0 saturated heterocycles. The Morgan fingerprint density at radius 2 is 2.19 bits per heavy atom. The number of nitro benzene ring substituents is 1. The summed E-state index contributed by atoms with van der Waals surface area (Å²) in [6.07, 6.45) is 1.14. The van der Waals surface area contributed by atoms with Crippen molar-refractivity contribution in [1.82, 2.24) is 0 Å². The lowest BCUT2D eigenvalue weighted by molar-refractivity contribution is -0.385. The number of furan rings is 1. The molecule has 8 heteroatoms. The van der Waals surface area contributed by atoms with Gasteiger partial charge >= 0.3 is 5.97 Å². The van der Waals surface area contributed by atoms with E-state index >= 15 is 0 Å². The van der Waals surface area contributed by atoms with E-state index < -0.39 is 10.9 Å². The van der Waals surface area contributed by atoms with Crippen LogP contribution in [0.2, 0.25) is 0 Å². The first-order valence-corrected chi connectivity index (χ1v) is 6.67. The van der Waals surface area contributed by atoms with Gasteiger partial charge in [-0.1, -0.05) is 0 Å². The molecule has 110 valence electrons. The molecule has 0 fully saturated rings. The van der Waals surface area contributed by atoms with Crippen LogP contribution in [0.3, 0.4) is 0 Å². The van der Waals surface area contributed by atoms with Crippen LogP contribution in [-0.2, 0) is 6.54 Å². The topological polar surface area (TPSA) is 106 Å². The summed E-state index contributed by atoms with van der Waals surface area (Å²) >= 11 is 3.32. The molecule has 0 radical (unpaired) electrons. The van der Waals surface area contributed by atoms with Crippen LogP contribution < -0.4 is 5.32 Å². The molecule has 0 aliphatic rings. The van der Waals surface area contributed by atoms with Gasteiger partial charge in [0, 0.05) is 16.1 Å². The number of aromatic carboxylic acids is 1. The Morgan fingerprint density at radius 3 is 2.76 bits per heavy atom. The predicted octanol–water partition coefficient (Wildman–Crippen LogP) is 3.57. The maximum atomic E-state index is 10.9. The molecular weight excluding hydrogens is 344 g/mol. The Labute approximate surface area is 127 Å². The zero-order valence-corrected chi connectivity index (χ0v) is 12.5. The van der Waals surface area contributed by atoms with Crippen molar-refractivity contribution >= 4 is 33.3 Å². The second-order valence-electron chi connectivity index (χ2n) is 4.34. The minimum Gasteiger partial charge on any atom is -0.478 e. The van der Waals surface area contributed by atoms with Crippen molar-refractivity contribution in [3.05, 3.63) is 55.9 Å². The number of nitrogens with one attached hydrogen (secondary N) is 1. The minimum atomic E-state index is -1.07. The first-order chi connectivity index (χ1) is 9.88. The molecule has 21 heavy (non-hydrogen) atoms. The summed E-state index contributed by atoms with van der Waals surface area (Å²) in [4.78, 5) is 21.2. The summed E-state index contributed by atoms with van der Waals surface area (Å²) in [7, 11) is 0. The number of anilines is 1. The Bertz CT molecular complexity index is 711. The maximum absolute atomic E-state index is 10.9. The number of nitrogens with zero attached hydrogens (tertiary/aromatic N) is 1. The molecule has 2 aromatic rings. The van der Waals surface area contributed by atoms with Gasteiger partial charge in [-0.05, 0) is 35.0 Å². The fraction of sp³-hybridized carbons (Fsp3) is 0.154. The number of hydrogen-bond acceptors (Lipinski definition) is 5. The lowest BCUT2D eigenvalue weighted by Crippen LogP contribution is -2.01. The molecule has 0 aliphatic carbocycles. The number of benzene rings is 1. The number of nitro groups is 1. The summed E-state index contributed by atoms with van der Waals surface area (Å²) in [6, 6.07) is 4.46. The first kappa shape index (κ1) is 15.0. The van der Waals surface area contributed by atoms with E-state index in [0.717, 1.165) is 6.26 Å². The van der Waals surface area contributed by atoms with Gasteiger partial charge in [0.2, 0.25) is 0 Å². The van der Waals surface area contributed by atoms with E-state index in [1.54, 1.807) is 13.0 Å². The van der Waals surface area contributed by atoms with Gasteiger partial charge < -0.3 is 14.8 Å². The summed E-state index contributed by atoms with van der Waals surface area (Å²) in [6.45, 7) is 1.87. The van der Waals surface area contributed by atoms with Crippen LogP contribution in [-0.4, -0.2) is 16.0 Å². The standard InChI is InChI=1S/C13H11BrN2O5/c1-7-2-10(14)11(4-12(7)16(19)20)15-5-9-3-8(6-21-9)13(17)18/h2-4,6,15H,5H2,1H3,(H,17,18). The Hall–Kier alpha value is -2.35. The summed E-state index contributed by atoms with van der Waals surface area (Å²) in [5, 5.41) is 22.7. The van der Waals surface area contributed by atoms with Crippen LogP contribution in [0.5, 0.6) is 0 Å². The van der Waals surface area contributed by atoms with Crippen molar-refractivity contribution in [2.75, 3.05) is 5.32 Å². The van der Waals surface area contributed by atoms with Crippen molar-refractivity contribution in [1.29, 1.82) is 0 Å². The molecule has 0 aliphatic heterocycles. The molecule has 0 spiro atoms. The zero-order valence-electron chi connectivity index (χ0n) is 10.9. The van der Waals surface area contributed by atoms with E-state index in [-0.39, 0.29) is 17.8 Å². The lowest BCUT2D eigenvalue weighted by atomic mass is 10.2. The fourth-order valence-electron chi connectivity index (χ4n) is 1.76. The first-order valence-electron chi connectivity index (χ1n) is 5.87. The van der Waals surface area contributed by atoms with Gasteiger partial charge in [-0.25, -0.2) is 4.79 Å². The van der Waals surface area contributed by atoms with Gasteiger partial charge in [0.25, 0.3) is 5.69 Å². The minimum absolute atomic E-state index is 0.00590. The number of aryl methyl sites for hydroxylation is 1. The Morgan fingerprint density at radius 1 is 1.48 bits per heavy atom. The molecule has 0 saturated carbocycles. The summed E-state index contributed by atoms with van der Waals surface area (Å²) in [5.41, 5.74) is 1.14. The highest BCUT2D eigenvalue weighted by atomic mass is 79.9. The van der Waals surface area contributed by atoms with Gasteiger partial charge in [0.1, 0.15) is 12.0 Å². The van der Waals surface area contributed by atoms with Crippen molar-refractivity contribution in [3.63, 3.8) is 0 Å². The third-order valence-corrected chi connectivity index (χ3v) is 3.49. The quantitative estimate of drug-likeness (QED) is 0.627. The van der Waals surface area contributed by atoms with Crippen LogP contribution in [0, 0.1) is 17.0 Å². The van der Waals surface area contributed by atoms with Crippen molar-refractivity contribution in [2.45, 2.75) is 13.5 Å². The highest BCUT2D eigenvalue weighted by Crippen LogP contribution is 2.31. The van der Waals surface area contributed by atoms with Gasteiger partial charge in [-0.15, -0.1) is 0 Å². The molecule has 7 nitrogen and oxygen atoms in total. The molecule has 1 aromatic heterocycles. The SMILES string of the molecule is Cc1cc(Br)c(NCc2cc(C(=O)O)co2)cc1[N+](=O)[O-]. The third-order valence-electron chi connectivity index (χ3n) is 2.84. The van der Waals surface area contributed by atoms with E-state index in [0.29, 0.717) is 21.5 Å². The normalized spacial score (nSPS) is 10.4. The van der Waals surface area contributed by atoms with Crippen LogP contribution in [0.25, 0.3) is 0 Å². The predicted molar refractivity (Wildman–Crippen MR) is 78.5 cm³/mol. The second kappa shape index (κ2) is 5.96. The van der Waals surface area contributed by atoms with Gasteiger partial charge in [0.15, 0.2) is 0 Å². The van der Waals surface area contributed by atoms with E-state index in [1.165, 1.54) is 12.1 Å². The second-order valence-corrected chi connectivity index (χ2v) is 5.19. The van der Waals surface area contributed by atoms with Crippen LogP contribution in [0.4, 0.5) is 11.4 Å². The fourth-order valence-corrected chi connectivity index (χ4v) is 2.36. The van der Waals surface area contributed by atoms with Gasteiger partial charge in [-0.3, -0.25) is 10.1 Å². The van der Waals surface area contributed by atoms with Crippen molar-refractivity contribution in [2.24, 2.45) is 0 Å². The molecule has 2 rings (SSSR count). The summed E-state index contributed by atoms with van der Waals surface area (Å²) in [5.74, 6) is -0.653. The highest BCUT2D eigenvalue weighted by Gasteiger charge is 2.15. The molecule has 0 amide bonds. The number of carbonyl (C=O) groups is 1. The number of carboxylic acids is 1. The van der Waals surface area contributed by atoms with Gasteiger partial charge in [-0.2, -0.15) is 0 Å². The molecular formula is C13H11BrN2O5. The Kier molecular flexibility index (Phi) is 4.27. The number of carboxylic acid groups (broad SMARTS) is 1. The van der Waals surface area contributed by atoms with E-state index in [2.05, 4.69) is 21.2 Å². The number of halogens is 1. The largest absolute Gasteiger partial charge is 0.478 e. The van der Waals surface area contributed by atoms with Crippen LogP contribution in [0.15, 0.2) is 33.4 Å². The highest BCUT2D eigenvalue weighted by molar-refractivity contribution is 9.10. The lowest BCUT2D eigenvalue weighted by Gasteiger charge is -2.08. The van der Waals surface area contributed by atoms with Crippen LogP contribution in [0.1, 0.15) is 21.7 Å². The van der Waals surface area contributed by atoms with E-state index in [4.69, 9.17) is 9.52 Å². The maximum Gasteiger partial charge on any atom is 0.338 e. The molecule has 0 bridgehead atoms. The van der Waals surface area contributed by atoms with E-state index in [9.17, 15) is 14.9 Å². The molecule has 0 atom stereocenters. The zero-order chi connectivity index (χ0) is 15.6. The van der Waals surface area contributed by atoms with Gasteiger partial charge in [0.05, 0.1) is 22.7 Å².